The molecule has 0 aromatic heterocycles. The number of halogens is 1. The molecular formula is C20H21FN2O3S. The molecule has 5 nitrogen and oxygen atoms in total. The largest absolute Gasteiger partial charge is 0.325 e. The second-order valence-corrected chi connectivity index (χ2v) is 9.57. The van der Waals surface area contributed by atoms with E-state index in [2.05, 4.69) is 0 Å². The predicted molar refractivity (Wildman–Crippen MR) is 102 cm³/mol. The fourth-order valence-corrected chi connectivity index (χ4v) is 6.00. The summed E-state index contributed by atoms with van der Waals surface area (Å²) in [6, 6.07) is 10.8. The third-order valence-electron chi connectivity index (χ3n) is 5.34. The molecule has 2 amide bonds. The van der Waals surface area contributed by atoms with E-state index in [4.69, 9.17) is 0 Å². The van der Waals surface area contributed by atoms with Crippen molar-refractivity contribution in [2.75, 3.05) is 16.4 Å². The number of sulfone groups is 1. The van der Waals surface area contributed by atoms with E-state index < -0.39 is 21.9 Å². The summed E-state index contributed by atoms with van der Waals surface area (Å²) in [7, 11) is -3.24. The molecule has 7 heteroatoms. The molecule has 0 bridgehead atoms. The summed E-state index contributed by atoms with van der Waals surface area (Å²) in [4.78, 5) is 16.4. The molecule has 142 valence electrons. The van der Waals surface area contributed by atoms with Gasteiger partial charge >= 0.3 is 6.03 Å². The lowest BCUT2D eigenvalue weighted by Gasteiger charge is -2.24. The van der Waals surface area contributed by atoms with Crippen LogP contribution in [0.3, 0.4) is 0 Å². The van der Waals surface area contributed by atoms with Crippen LogP contribution in [0.2, 0.25) is 0 Å². The number of hydrogen-bond donors (Lipinski definition) is 0. The highest BCUT2D eigenvalue weighted by molar-refractivity contribution is 7.91. The third-order valence-corrected chi connectivity index (χ3v) is 7.04. The molecule has 2 aromatic carbocycles. The normalized spacial score (nSPS) is 23.7. The van der Waals surface area contributed by atoms with Gasteiger partial charge < -0.3 is 4.90 Å². The summed E-state index contributed by atoms with van der Waals surface area (Å²) >= 11 is 0. The van der Waals surface area contributed by atoms with E-state index in [0.717, 1.165) is 16.8 Å². The SMILES string of the molecule is Cc1ccc(C)c(N2C(=O)N(Cc3cccc(F)c3)[C@@H]3CS(=O)(=O)C[C@H]32)c1. The average Bonchev–Trinajstić information content (AvgIpc) is 3.01. The maximum atomic E-state index is 13.6. The molecule has 2 saturated heterocycles. The highest BCUT2D eigenvalue weighted by Gasteiger charge is 2.54. The van der Waals surface area contributed by atoms with E-state index in [0.29, 0.717) is 5.56 Å². The van der Waals surface area contributed by atoms with Crippen LogP contribution in [0.25, 0.3) is 0 Å². The first-order valence-corrected chi connectivity index (χ1v) is 10.7. The topological polar surface area (TPSA) is 57.7 Å². The van der Waals surface area contributed by atoms with Crippen molar-refractivity contribution in [2.24, 2.45) is 0 Å². The van der Waals surface area contributed by atoms with Crippen molar-refractivity contribution in [1.82, 2.24) is 4.90 Å². The minimum absolute atomic E-state index is 0.0452. The molecule has 0 saturated carbocycles. The number of hydrogen-bond acceptors (Lipinski definition) is 3. The summed E-state index contributed by atoms with van der Waals surface area (Å²) in [5, 5.41) is 0. The number of amides is 2. The molecule has 0 N–H and O–H groups in total. The van der Waals surface area contributed by atoms with Crippen molar-refractivity contribution in [1.29, 1.82) is 0 Å². The van der Waals surface area contributed by atoms with Crippen LogP contribution < -0.4 is 4.90 Å². The van der Waals surface area contributed by atoms with Gasteiger partial charge in [-0.2, -0.15) is 0 Å². The number of carbonyl (C=O) groups is 1. The van der Waals surface area contributed by atoms with Gasteiger partial charge in [-0.05, 0) is 48.7 Å². The Hall–Kier alpha value is -2.41. The number of anilines is 1. The van der Waals surface area contributed by atoms with Crippen molar-refractivity contribution in [3.63, 3.8) is 0 Å². The van der Waals surface area contributed by atoms with E-state index in [1.54, 1.807) is 21.9 Å². The van der Waals surface area contributed by atoms with Gasteiger partial charge in [0.05, 0.1) is 23.6 Å². The quantitative estimate of drug-likeness (QED) is 0.760. The smallest absolute Gasteiger partial charge is 0.314 e. The van der Waals surface area contributed by atoms with Gasteiger partial charge in [0.25, 0.3) is 0 Å². The number of aryl methyl sites for hydroxylation is 2. The number of nitrogens with zero attached hydrogens (tertiary/aromatic N) is 2. The van der Waals surface area contributed by atoms with Crippen LogP contribution >= 0.6 is 0 Å². The Labute approximate surface area is 158 Å². The Kier molecular flexibility index (Phi) is 4.22. The Morgan fingerprint density at radius 1 is 1.07 bits per heavy atom. The van der Waals surface area contributed by atoms with Gasteiger partial charge in [-0.3, -0.25) is 4.90 Å². The van der Waals surface area contributed by atoms with Crippen LogP contribution in [0, 0.1) is 19.7 Å². The Bertz CT molecular complexity index is 1020. The van der Waals surface area contributed by atoms with Gasteiger partial charge in [-0.25, -0.2) is 17.6 Å². The molecule has 2 atom stereocenters. The van der Waals surface area contributed by atoms with Crippen molar-refractivity contribution < 1.29 is 17.6 Å². The maximum absolute atomic E-state index is 13.6. The molecule has 0 spiro atoms. The molecule has 2 heterocycles. The zero-order valence-electron chi connectivity index (χ0n) is 15.2. The zero-order valence-corrected chi connectivity index (χ0v) is 16.0. The van der Waals surface area contributed by atoms with Gasteiger partial charge in [0, 0.05) is 12.2 Å². The molecule has 0 aliphatic carbocycles. The highest BCUT2D eigenvalue weighted by Crippen LogP contribution is 2.37. The first-order chi connectivity index (χ1) is 12.7. The molecule has 27 heavy (non-hydrogen) atoms. The number of benzene rings is 2. The summed E-state index contributed by atoms with van der Waals surface area (Å²) < 4.78 is 38.2. The second kappa shape index (κ2) is 6.34. The van der Waals surface area contributed by atoms with Crippen LogP contribution in [0.4, 0.5) is 14.9 Å². The minimum atomic E-state index is -3.24. The maximum Gasteiger partial charge on any atom is 0.325 e. The van der Waals surface area contributed by atoms with Gasteiger partial charge in [0.1, 0.15) is 5.82 Å². The van der Waals surface area contributed by atoms with E-state index in [9.17, 15) is 17.6 Å². The lowest BCUT2D eigenvalue weighted by Crippen LogP contribution is -2.38. The minimum Gasteiger partial charge on any atom is -0.314 e. The summed E-state index contributed by atoms with van der Waals surface area (Å²) in [5.41, 5.74) is 3.32. The van der Waals surface area contributed by atoms with E-state index >= 15 is 0 Å². The zero-order chi connectivity index (χ0) is 19.3. The van der Waals surface area contributed by atoms with Crippen LogP contribution in [-0.2, 0) is 16.4 Å². The predicted octanol–water partition coefficient (Wildman–Crippen LogP) is 3.05. The lowest BCUT2D eigenvalue weighted by molar-refractivity contribution is 0.205. The molecular weight excluding hydrogens is 367 g/mol. The lowest BCUT2D eigenvalue weighted by atomic mass is 10.1. The first-order valence-electron chi connectivity index (χ1n) is 8.87. The second-order valence-electron chi connectivity index (χ2n) is 7.41. The highest BCUT2D eigenvalue weighted by atomic mass is 32.2. The van der Waals surface area contributed by atoms with Gasteiger partial charge in [0.2, 0.25) is 0 Å². The van der Waals surface area contributed by atoms with Crippen molar-refractivity contribution >= 4 is 21.6 Å². The molecule has 2 fully saturated rings. The van der Waals surface area contributed by atoms with Gasteiger partial charge in [-0.1, -0.05) is 24.3 Å². The van der Waals surface area contributed by atoms with E-state index in [1.807, 2.05) is 32.0 Å². The van der Waals surface area contributed by atoms with E-state index in [1.165, 1.54) is 12.1 Å². The molecule has 2 aliphatic rings. The summed E-state index contributed by atoms with van der Waals surface area (Å²) in [6.07, 6.45) is 0. The van der Waals surface area contributed by atoms with Gasteiger partial charge in [0.15, 0.2) is 9.84 Å². The van der Waals surface area contributed by atoms with Crippen molar-refractivity contribution in [2.45, 2.75) is 32.5 Å². The fraction of sp³-hybridized carbons (Fsp3) is 0.350. The fourth-order valence-electron chi connectivity index (χ4n) is 4.05. The number of urea groups is 1. The summed E-state index contributed by atoms with van der Waals surface area (Å²) in [6.45, 7) is 4.04. The van der Waals surface area contributed by atoms with Crippen molar-refractivity contribution in [3.8, 4) is 0 Å². The number of carbonyl (C=O) groups excluding carboxylic acids is 1. The number of fused-ring (bicyclic) bond motifs is 1. The monoisotopic (exact) mass is 388 g/mol. The molecule has 4 rings (SSSR count). The molecule has 0 radical (unpaired) electrons. The Morgan fingerprint density at radius 3 is 2.56 bits per heavy atom. The van der Waals surface area contributed by atoms with Crippen molar-refractivity contribution in [3.05, 3.63) is 65.0 Å². The standard InChI is InChI=1S/C20H21FN2O3S/c1-13-6-7-14(2)17(8-13)23-19-12-27(25,26)11-18(19)22(20(23)24)10-15-4-3-5-16(21)9-15/h3-9,18-19H,10-12H2,1-2H3/t18-,19-/m1/s1. The van der Waals surface area contributed by atoms with E-state index in [-0.39, 0.29) is 29.9 Å². The molecule has 2 aliphatic heterocycles. The molecule has 2 aromatic rings. The summed E-state index contributed by atoms with van der Waals surface area (Å²) in [5.74, 6) is -0.475. The first kappa shape index (κ1) is 18.0. The van der Waals surface area contributed by atoms with Crippen LogP contribution in [-0.4, -0.2) is 42.9 Å². The Morgan fingerprint density at radius 2 is 1.81 bits per heavy atom. The number of rotatable bonds is 3. The van der Waals surface area contributed by atoms with Crippen LogP contribution in [0.15, 0.2) is 42.5 Å². The van der Waals surface area contributed by atoms with Crippen LogP contribution in [0.1, 0.15) is 16.7 Å². The Balaban J connectivity index is 1.75. The van der Waals surface area contributed by atoms with Gasteiger partial charge in [-0.15, -0.1) is 0 Å². The third kappa shape index (κ3) is 3.20. The molecule has 0 unspecified atom stereocenters. The average molecular weight is 388 g/mol. The van der Waals surface area contributed by atoms with Crippen LogP contribution in [0.5, 0.6) is 0 Å².